The summed E-state index contributed by atoms with van der Waals surface area (Å²) in [4.78, 5) is 28.6. The molecule has 1 aromatic heterocycles. The van der Waals surface area contributed by atoms with E-state index in [1.54, 1.807) is 29.1 Å². The summed E-state index contributed by atoms with van der Waals surface area (Å²) in [6.45, 7) is 1.77. The molecule has 0 aliphatic carbocycles. The fourth-order valence-corrected chi connectivity index (χ4v) is 2.73. The van der Waals surface area contributed by atoms with E-state index in [4.69, 9.17) is 20.3 Å². The minimum Gasteiger partial charge on any atom is -0.365 e. The number of carbonyl (C=O) groups is 1. The van der Waals surface area contributed by atoms with Crippen molar-refractivity contribution >= 4 is 13.7 Å². The van der Waals surface area contributed by atoms with Crippen molar-refractivity contribution in [1.82, 2.24) is 0 Å². The van der Waals surface area contributed by atoms with Crippen LogP contribution in [0.1, 0.15) is 29.9 Å². The van der Waals surface area contributed by atoms with Gasteiger partial charge in [-0.1, -0.05) is 6.92 Å². The Kier molecular flexibility index (Phi) is 4.75. The van der Waals surface area contributed by atoms with Crippen LogP contribution in [-0.4, -0.2) is 28.4 Å². The first-order valence-corrected chi connectivity index (χ1v) is 7.95. The first-order chi connectivity index (χ1) is 9.76. The number of amides is 1. The number of ether oxygens (including phenoxy) is 1. The fourth-order valence-electron chi connectivity index (χ4n) is 2.37. The molecule has 3 atom stereocenters. The first kappa shape index (κ1) is 16.1. The second-order valence-electron chi connectivity index (χ2n) is 5.05. The largest absolute Gasteiger partial charge is 0.469 e. The molecule has 0 aromatic carbocycles. The maximum absolute atomic E-state index is 11.2. The molecule has 1 aromatic rings. The van der Waals surface area contributed by atoms with Gasteiger partial charge in [-0.15, -0.1) is 0 Å². The van der Waals surface area contributed by atoms with Crippen molar-refractivity contribution in [3.63, 3.8) is 0 Å². The van der Waals surface area contributed by atoms with E-state index in [0.29, 0.717) is 12.0 Å². The zero-order chi connectivity index (χ0) is 15.6. The highest BCUT2D eigenvalue weighted by Crippen LogP contribution is 2.38. The fraction of sp³-hybridized carbons (Fsp3) is 0.500. The van der Waals surface area contributed by atoms with Crippen molar-refractivity contribution < 1.29 is 33.0 Å². The number of phosphoric acid groups is 1. The molecule has 0 saturated carbocycles. The molecule has 2 heterocycles. The molecule has 4 N–H and O–H groups in total. The van der Waals surface area contributed by atoms with Gasteiger partial charge in [-0.05, 0) is 12.5 Å². The number of aromatic nitrogens is 1. The van der Waals surface area contributed by atoms with E-state index in [1.165, 1.54) is 0 Å². The third kappa shape index (κ3) is 4.33. The molecule has 0 bridgehead atoms. The molecule has 2 rings (SSSR count). The van der Waals surface area contributed by atoms with Crippen LogP contribution in [0, 0.1) is 5.92 Å². The highest BCUT2D eigenvalue weighted by atomic mass is 31.2. The highest BCUT2D eigenvalue weighted by Gasteiger charge is 2.39. The van der Waals surface area contributed by atoms with E-state index in [9.17, 15) is 9.36 Å². The molecular formula is C12H18N2O6P+. The smallest absolute Gasteiger partial charge is 0.365 e. The normalized spacial score (nSPS) is 26.0. The van der Waals surface area contributed by atoms with E-state index in [2.05, 4.69) is 4.52 Å². The Morgan fingerprint density at radius 1 is 1.62 bits per heavy atom. The lowest BCUT2D eigenvalue weighted by Crippen LogP contribution is -2.42. The third-order valence-corrected chi connectivity index (χ3v) is 3.77. The zero-order valence-electron chi connectivity index (χ0n) is 11.5. The number of nitrogens with two attached hydrogens (primary N) is 1. The van der Waals surface area contributed by atoms with Gasteiger partial charge in [-0.3, -0.25) is 9.32 Å². The number of hydrogen-bond donors (Lipinski definition) is 3. The first-order valence-electron chi connectivity index (χ1n) is 6.42. The van der Waals surface area contributed by atoms with Crippen LogP contribution >= 0.6 is 7.82 Å². The Labute approximate surface area is 121 Å². The average molecular weight is 317 g/mol. The summed E-state index contributed by atoms with van der Waals surface area (Å²) in [5, 5.41) is 0. The molecule has 1 aliphatic rings. The number of pyridine rings is 1. The van der Waals surface area contributed by atoms with Crippen LogP contribution in [-0.2, 0) is 13.8 Å². The molecule has 0 spiro atoms. The molecule has 1 saturated heterocycles. The second kappa shape index (κ2) is 6.21. The predicted octanol–water partition coefficient (Wildman–Crippen LogP) is 0.106. The monoisotopic (exact) mass is 317 g/mol. The van der Waals surface area contributed by atoms with Crippen LogP contribution in [0.5, 0.6) is 0 Å². The number of phosphoric ester groups is 1. The molecule has 1 amide bonds. The number of hydrogen-bond acceptors (Lipinski definition) is 4. The summed E-state index contributed by atoms with van der Waals surface area (Å²) in [5.41, 5.74) is 5.60. The average Bonchev–Trinajstić information content (AvgIpc) is 2.77. The molecule has 2 unspecified atom stereocenters. The van der Waals surface area contributed by atoms with Crippen molar-refractivity contribution in [1.29, 1.82) is 0 Å². The van der Waals surface area contributed by atoms with Crippen molar-refractivity contribution in [2.45, 2.75) is 25.7 Å². The molecule has 0 radical (unpaired) electrons. The number of carbonyl (C=O) groups excluding carboxylic acids is 1. The van der Waals surface area contributed by atoms with Crippen LogP contribution < -0.4 is 10.3 Å². The Balaban J connectivity index is 2.06. The number of primary amides is 1. The van der Waals surface area contributed by atoms with Gasteiger partial charge in [0.25, 0.3) is 12.1 Å². The Morgan fingerprint density at radius 2 is 2.33 bits per heavy atom. The highest BCUT2D eigenvalue weighted by molar-refractivity contribution is 7.46. The van der Waals surface area contributed by atoms with Crippen molar-refractivity contribution in [3.05, 3.63) is 30.1 Å². The van der Waals surface area contributed by atoms with Gasteiger partial charge < -0.3 is 20.3 Å². The summed E-state index contributed by atoms with van der Waals surface area (Å²) in [6, 6.07) is 3.29. The van der Waals surface area contributed by atoms with Gasteiger partial charge in [0.2, 0.25) is 0 Å². The predicted molar refractivity (Wildman–Crippen MR) is 70.8 cm³/mol. The van der Waals surface area contributed by atoms with Crippen LogP contribution in [0.2, 0.25) is 0 Å². The Morgan fingerprint density at radius 3 is 2.95 bits per heavy atom. The lowest BCUT2D eigenvalue weighted by molar-refractivity contribution is -0.765. The van der Waals surface area contributed by atoms with Crippen LogP contribution in [0.3, 0.4) is 0 Å². The molecule has 116 valence electrons. The third-order valence-electron chi connectivity index (χ3n) is 3.28. The molecular weight excluding hydrogens is 299 g/mol. The van der Waals surface area contributed by atoms with Crippen LogP contribution in [0.4, 0.5) is 0 Å². The lowest BCUT2D eigenvalue weighted by Gasteiger charge is -2.12. The number of rotatable bonds is 5. The van der Waals surface area contributed by atoms with Gasteiger partial charge in [0.1, 0.15) is 5.56 Å². The maximum atomic E-state index is 11.2. The molecule has 8 nitrogen and oxygen atoms in total. The van der Waals surface area contributed by atoms with Gasteiger partial charge in [0.05, 0.1) is 12.7 Å². The minimum absolute atomic E-state index is 0.100. The zero-order valence-corrected chi connectivity index (χ0v) is 12.3. The van der Waals surface area contributed by atoms with Crippen molar-refractivity contribution in [2.24, 2.45) is 11.7 Å². The van der Waals surface area contributed by atoms with Gasteiger partial charge >= 0.3 is 7.82 Å². The number of nitrogens with zero attached hydrogens (tertiary/aromatic N) is 1. The van der Waals surface area contributed by atoms with Gasteiger partial charge in [0.15, 0.2) is 12.4 Å². The van der Waals surface area contributed by atoms with E-state index in [1.807, 2.05) is 6.92 Å². The molecule has 1 aliphatic heterocycles. The SMILES string of the molecule is CC1C[C@@H](COP(=O)(O)O)OC1[n+]1cccc(C(N)=O)c1. The summed E-state index contributed by atoms with van der Waals surface area (Å²) >= 11 is 0. The molecule has 9 heteroatoms. The van der Waals surface area contributed by atoms with Crippen LogP contribution in [0.15, 0.2) is 24.5 Å². The lowest BCUT2D eigenvalue weighted by atomic mass is 10.1. The van der Waals surface area contributed by atoms with Gasteiger partial charge in [0, 0.05) is 12.0 Å². The maximum Gasteiger partial charge on any atom is 0.469 e. The van der Waals surface area contributed by atoms with Crippen LogP contribution in [0.25, 0.3) is 0 Å². The van der Waals surface area contributed by atoms with E-state index in [0.717, 1.165) is 0 Å². The van der Waals surface area contributed by atoms with Gasteiger partial charge in [-0.25, -0.2) is 4.57 Å². The van der Waals surface area contributed by atoms with E-state index in [-0.39, 0.29) is 18.8 Å². The van der Waals surface area contributed by atoms with Gasteiger partial charge in [-0.2, -0.15) is 4.57 Å². The molecule has 1 fully saturated rings. The van der Waals surface area contributed by atoms with Crippen molar-refractivity contribution in [2.75, 3.05) is 6.61 Å². The second-order valence-corrected chi connectivity index (χ2v) is 6.29. The Bertz CT molecular complexity index is 575. The van der Waals surface area contributed by atoms with E-state index < -0.39 is 19.8 Å². The summed E-state index contributed by atoms with van der Waals surface area (Å²) < 4.78 is 22.6. The summed E-state index contributed by atoms with van der Waals surface area (Å²) in [7, 11) is -4.50. The quantitative estimate of drug-likeness (QED) is 0.523. The van der Waals surface area contributed by atoms with Crippen molar-refractivity contribution in [3.8, 4) is 0 Å². The topological polar surface area (TPSA) is 123 Å². The minimum atomic E-state index is -4.50. The standard InChI is InChI=1S/C12H17N2O6P/c1-8-5-10(7-19-21(16,17)18)20-12(8)14-4-2-3-9(6-14)11(13)15/h2-4,6,8,10,12H,5,7H2,1H3,(H3-,13,15,16,17,18)/p+1/t8?,10-,12?/m0/s1. The Hall–Kier alpha value is -1.31. The molecule has 21 heavy (non-hydrogen) atoms. The summed E-state index contributed by atoms with van der Waals surface area (Å²) in [6.07, 6.45) is 3.19. The van der Waals surface area contributed by atoms with E-state index >= 15 is 0 Å². The summed E-state index contributed by atoms with van der Waals surface area (Å²) in [5.74, 6) is -0.431.